The van der Waals surface area contributed by atoms with Crippen LogP contribution in [0.1, 0.15) is 11.1 Å². The zero-order valence-electron chi connectivity index (χ0n) is 10.8. The average molecular weight is 294 g/mol. The molecule has 0 saturated heterocycles. The lowest BCUT2D eigenvalue weighted by molar-refractivity contribution is -0.125. The summed E-state index contributed by atoms with van der Waals surface area (Å²) in [5.41, 5.74) is 1.58. The predicted molar refractivity (Wildman–Crippen MR) is 75.5 cm³/mol. The molecule has 1 aromatic carbocycles. The molecular formula is C14H13ClFN3O. The molecule has 0 atom stereocenters. The average Bonchev–Trinajstić information content (AvgIpc) is 2.92. The second-order valence-electron chi connectivity index (χ2n) is 4.31. The standard InChI is InChI=1S/C14H13ClFN3O/c1-19(9-11-7-17-18-8-11)14(20)5-3-10-2-4-13(16)12(15)6-10/h2-8H,9H2,1H3,(H,17,18). The normalized spacial score (nSPS) is 10.9. The van der Waals surface area contributed by atoms with E-state index in [9.17, 15) is 9.18 Å². The van der Waals surface area contributed by atoms with Gasteiger partial charge in [-0.1, -0.05) is 17.7 Å². The van der Waals surface area contributed by atoms with Gasteiger partial charge in [-0.3, -0.25) is 9.89 Å². The van der Waals surface area contributed by atoms with Crippen LogP contribution < -0.4 is 0 Å². The number of H-pyrrole nitrogens is 1. The summed E-state index contributed by atoms with van der Waals surface area (Å²) >= 11 is 5.67. The Morgan fingerprint density at radius 2 is 2.35 bits per heavy atom. The maximum Gasteiger partial charge on any atom is 0.246 e. The highest BCUT2D eigenvalue weighted by atomic mass is 35.5. The summed E-state index contributed by atoms with van der Waals surface area (Å²) in [4.78, 5) is 13.4. The number of nitrogens with zero attached hydrogens (tertiary/aromatic N) is 2. The molecule has 0 aliphatic carbocycles. The minimum atomic E-state index is -0.479. The molecule has 0 spiro atoms. The number of hydrogen-bond acceptors (Lipinski definition) is 2. The van der Waals surface area contributed by atoms with Gasteiger partial charge in [0.1, 0.15) is 5.82 Å². The molecule has 0 aliphatic heterocycles. The van der Waals surface area contributed by atoms with Crippen molar-refractivity contribution in [2.75, 3.05) is 7.05 Å². The van der Waals surface area contributed by atoms with Gasteiger partial charge in [0.15, 0.2) is 0 Å². The second kappa shape index (κ2) is 6.34. The van der Waals surface area contributed by atoms with E-state index in [4.69, 9.17) is 11.6 Å². The van der Waals surface area contributed by atoms with Crippen LogP contribution in [0.3, 0.4) is 0 Å². The van der Waals surface area contributed by atoms with E-state index < -0.39 is 5.82 Å². The number of halogens is 2. The van der Waals surface area contributed by atoms with Crippen molar-refractivity contribution in [2.45, 2.75) is 6.54 Å². The first-order chi connectivity index (χ1) is 9.56. The minimum absolute atomic E-state index is 0.0337. The van der Waals surface area contributed by atoms with E-state index in [2.05, 4.69) is 10.2 Å². The fourth-order valence-electron chi connectivity index (χ4n) is 1.63. The molecule has 1 heterocycles. The number of benzene rings is 1. The van der Waals surface area contributed by atoms with Crippen molar-refractivity contribution < 1.29 is 9.18 Å². The molecule has 0 radical (unpaired) electrons. The first kappa shape index (κ1) is 14.3. The highest BCUT2D eigenvalue weighted by Crippen LogP contribution is 2.16. The lowest BCUT2D eigenvalue weighted by Gasteiger charge is -2.13. The first-order valence-corrected chi connectivity index (χ1v) is 6.30. The van der Waals surface area contributed by atoms with Gasteiger partial charge < -0.3 is 4.90 Å². The molecule has 20 heavy (non-hydrogen) atoms. The Morgan fingerprint density at radius 1 is 1.55 bits per heavy atom. The number of aromatic amines is 1. The van der Waals surface area contributed by atoms with Crippen molar-refractivity contribution in [3.8, 4) is 0 Å². The number of nitrogens with one attached hydrogen (secondary N) is 1. The molecule has 0 aliphatic rings. The van der Waals surface area contributed by atoms with Crippen molar-refractivity contribution in [3.05, 3.63) is 58.6 Å². The largest absolute Gasteiger partial charge is 0.338 e. The molecule has 0 bridgehead atoms. The maximum atomic E-state index is 13.0. The summed E-state index contributed by atoms with van der Waals surface area (Å²) in [5, 5.41) is 6.54. The number of carbonyl (C=O) groups excluding carboxylic acids is 1. The molecule has 1 N–H and O–H groups in total. The third-order valence-corrected chi connectivity index (χ3v) is 3.00. The van der Waals surface area contributed by atoms with Crippen molar-refractivity contribution in [3.63, 3.8) is 0 Å². The summed E-state index contributed by atoms with van der Waals surface area (Å²) in [6.45, 7) is 0.462. The van der Waals surface area contributed by atoms with Crippen molar-refractivity contribution in [1.29, 1.82) is 0 Å². The summed E-state index contributed by atoms with van der Waals surface area (Å²) in [7, 11) is 1.69. The van der Waals surface area contributed by atoms with Crippen LogP contribution in [-0.2, 0) is 11.3 Å². The zero-order valence-corrected chi connectivity index (χ0v) is 11.6. The van der Waals surface area contributed by atoms with Crippen LogP contribution in [0.4, 0.5) is 4.39 Å². The Labute approximate surface area is 120 Å². The lowest BCUT2D eigenvalue weighted by Crippen LogP contribution is -2.23. The lowest BCUT2D eigenvalue weighted by atomic mass is 10.2. The van der Waals surface area contributed by atoms with Crippen LogP contribution in [0.15, 0.2) is 36.7 Å². The highest BCUT2D eigenvalue weighted by molar-refractivity contribution is 6.30. The van der Waals surface area contributed by atoms with Gasteiger partial charge in [0, 0.05) is 31.4 Å². The number of rotatable bonds is 4. The van der Waals surface area contributed by atoms with Gasteiger partial charge in [-0.05, 0) is 23.8 Å². The Kier molecular flexibility index (Phi) is 4.53. The maximum absolute atomic E-state index is 13.0. The molecule has 0 unspecified atom stereocenters. The molecule has 0 saturated carbocycles. The second-order valence-corrected chi connectivity index (χ2v) is 4.71. The number of hydrogen-bond donors (Lipinski definition) is 1. The first-order valence-electron chi connectivity index (χ1n) is 5.92. The molecule has 6 heteroatoms. The zero-order chi connectivity index (χ0) is 14.5. The Balaban J connectivity index is 1.99. The van der Waals surface area contributed by atoms with Gasteiger partial charge in [0.25, 0.3) is 0 Å². The topological polar surface area (TPSA) is 49.0 Å². The fourth-order valence-corrected chi connectivity index (χ4v) is 1.82. The van der Waals surface area contributed by atoms with Crippen LogP contribution >= 0.6 is 11.6 Å². The van der Waals surface area contributed by atoms with Gasteiger partial charge in [0.05, 0.1) is 11.2 Å². The van der Waals surface area contributed by atoms with E-state index in [0.717, 1.165) is 5.56 Å². The molecular weight excluding hydrogens is 281 g/mol. The van der Waals surface area contributed by atoms with Crippen molar-refractivity contribution >= 4 is 23.6 Å². The Bertz CT molecular complexity index is 625. The van der Waals surface area contributed by atoms with E-state index in [1.165, 1.54) is 18.2 Å². The number of amides is 1. The van der Waals surface area contributed by atoms with Gasteiger partial charge >= 0.3 is 0 Å². The Morgan fingerprint density at radius 3 is 3.00 bits per heavy atom. The van der Waals surface area contributed by atoms with Gasteiger partial charge in [0.2, 0.25) is 5.91 Å². The molecule has 4 nitrogen and oxygen atoms in total. The summed E-state index contributed by atoms with van der Waals surface area (Å²) < 4.78 is 13.0. The Hall–Kier alpha value is -2.14. The highest BCUT2D eigenvalue weighted by Gasteiger charge is 2.06. The number of carbonyl (C=O) groups is 1. The van der Waals surface area contributed by atoms with Crippen molar-refractivity contribution in [2.24, 2.45) is 0 Å². The van der Waals surface area contributed by atoms with Crippen LogP contribution in [0.2, 0.25) is 5.02 Å². The predicted octanol–water partition coefficient (Wildman–Crippen LogP) is 2.87. The van der Waals surface area contributed by atoms with Crippen LogP contribution in [0, 0.1) is 5.82 Å². The molecule has 1 amide bonds. The smallest absolute Gasteiger partial charge is 0.246 e. The van der Waals surface area contributed by atoms with E-state index in [0.29, 0.717) is 12.1 Å². The molecule has 1 aromatic heterocycles. The SMILES string of the molecule is CN(Cc1cn[nH]c1)C(=O)C=Cc1ccc(F)c(Cl)c1. The fraction of sp³-hybridized carbons (Fsp3) is 0.143. The van der Waals surface area contributed by atoms with E-state index in [-0.39, 0.29) is 10.9 Å². The van der Waals surface area contributed by atoms with Crippen molar-refractivity contribution in [1.82, 2.24) is 15.1 Å². The van der Waals surface area contributed by atoms with Crippen LogP contribution in [0.25, 0.3) is 6.08 Å². The third-order valence-electron chi connectivity index (χ3n) is 2.71. The van der Waals surface area contributed by atoms with Gasteiger partial charge in [-0.15, -0.1) is 0 Å². The molecule has 0 fully saturated rings. The number of likely N-dealkylation sites (N-methyl/N-ethyl adjacent to an activating group) is 1. The third kappa shape index (κ3) is 3.68. The summed E-state index contributed by atoms with van der Waals surface area (Å²) in [5.74, 6) is -0.640. The minimum Gasteiger partial charge on any atom is -0.338 e. The molecule has 2 aromatic rings. The summed E-state index contributed by atoms with van der Waals surface area (Å²) in [6, 6.07) is 4.29. The quantitative estimate of drug-likeness (QED) is 0.881. The van der Waals surface area contributed by atoms with E-state index in [1.807, 2.05) is 0 Å². The van der Waals surface area contributed by atoms with Crippen LogP contribution in [0.5, 0.6) is 0 Å². The van der Waals surface area contributed by atoms with E-state index in [1.54, 1.807) is 36.5 Å². The monoisotopic (exact) mass is 293 g/mol. The van der Waals surface area contributed by atoms with E-state index >= 15 is 0 Å². The van der Waals surface area contributed by atoms with Crippen LogP contribution in [-0.4, -0.2) is 28.1 Å². The molecule has 104 valence electrons. The van der Waals surface area contributed by atoms with Gasteiger partial charge in [-0.25, -0.2) is 4.39 Å². The van der Waals surface area contributed by atoms with Gasteiger partial charge in [-0.2, -0.15) is 5.10 Å². The molecule has 2 rings (SSSR count). The number of aromatic nitrogens is 2. The summed E-state index contributed by atoms with van der Waals surface area (Å²) in [6.07, 6.45) is 6.41.